The number of nitrogens with zero attached hydrogens (tertiary/aromatic N) is 2. The van der Waals surface area contributed by atoms with Crippen molar-refractivity contribution in [1.82, 2.24) is 9.97 Å². The number of aromatic nitrogens is 2. The van der Waals surface area contributed by atoms with Gasteiger partial charge < -0.3 is 0 Å². The maximum absolute atomic E-state index is 12.7. The molecular weight excluding hydrogens is 378 g/mol. The number of anilines is 1. The van der Waals surface area contributed by atoms with E-state index in [1.54, 1.807) is 31.3 Å². The van der Waals surface area contributed by atoms with Crippen LogP contribution in [-0.4, -0.2) is 18.4 Å². The Labute approximate surface area is 161 Å². The number of benzene rings is 2. The minimum Gasteiger partial charge on any atom is -0.280 e. The molecule has 2 heterocycles. The van der Waals surface area contributed by atoms with Gasteiger partial charge in [0.15, 0.2) is 0 Å². The van der Waals surface area contributed by atoms with Gasteiger partial charge in [-0.1, -0.05) is 23.5 Å². The minimum atomic E-state index is -3.64. The smallest absolute Gasteiger partial charge is 0.262 e. The second-order valence-corrected chi connectivity index (χ2v) is 8.93. The average Bonchev–Trinajstić information content (AvgIpc) is 3.08. The van der Waals surface area contributed by atoms with Crippen molar-refractivity contribution in [2.45, 2.75) is 18.7 Å². The van der Waals surface area contributed by atoms with Crippen LogP contribution < -0.4 is 4.72 Å². The zero-order chi connectivity index (χ0) is 19.0. The molecule has 1 N–H and O–H groups in total. The summed E-state index contributed by atoms with van der Waals surface area (Å²) in [5.74, 6) is 0. The van der Waals surface area contributed by atoms with Crippen LogP contribution in [0.25, 0.3) is 20.9 Å². The maximum atomic E-state index is 12.7. The van der Waals surface area contributed by atoms with Crippen molar-refractivity contribution in [3.63, 3.8) is 0 Å². The van der Waals surface area contributed by atoms with Crippen molar-refractivity contribution in [2.24, 2.45) is 0 Å². The summed E-state index contributed by atoms with van der Waals surface area (Å²) < 4.78 is 28.1. The molecule has 136 valence electrons. The first-order valence-corrected chi connectivity index (χ1v) is 10.6. The molecule has 2 aromatic heterocycles. The van der Waals surface area contributed by atoms with E-state index in [4.69, 9.17) is 0 Å². The number of aryl methyl sites for hydroxylation is 2. The van der Waals surface area contributed by atoms with E-state index in [2.05, 4.69) is 14.7 Å². The van der Waals surface area contributed by atoms with E-state index in [0.29, 0.717) is 16.1 Å². The Kier molecular flexibility index (Phi) is 4.41. The number of rotatable bonds is 4. The molecule has 5 nitrogen and oxygen atoms in total. The van der Waals surface area contributed by atoms with E-state index in [-0.39, 0.29) is 0 Å². The zero-order valence-corrected chi connectivity index (χ0v) is 16.4. The predicted octanol–water partition coefficient (Wildman–Crippen LogP) is 4.78. The summed E-state index contributed by atoms with van der Waals surface area (Å²) in [6.07, 6.45) is 1.75. The third kappa shape index (κ3) is 3.56. The first kappa shape index (κ1) is 17.6. The van der Waals surface area contributed by atoms with Crippen LogP contribution in [0.3, 0.4) is 0 Å². The Morgan fingerprint density at radius 1 is 1.00 bits per heavy atom. The highest BCUT2D eigenvalue weighted by molar-refractivity contribution is 7.92. The average molecular weight is 396 g/mol. The Hall–Kier alpha value is -2.77. The highest BCUT2D eigenvalue weighted by Crippen LogP contribution is 2.30. The first-order chi connectivity index (χ1) is 12.9. The summed E-state index contributed by atoms with van der Waals surface area (Å²) >= 11 is 1.51. The molecule has 0 saturated heterocycles. The molecule has 0 bridgehead atoms. The van der Waals surface area contributed by atoms with E-state index in [1.807, 2.05) is 43.3 Å². The molecule has 0 amide bonds. The van der Waals surface area contributed by atoms with Gasteiger partial charge in [-0.05, 0) is 67.4 Å². The van der Waals surface area contributed by atoms with Crippen LogP contribution in [0.4, 0.5) is 5.69 Å². The standard InChI is InChI=1S/C20H17N3O2S2/c1-13-5-6-14(2)18(12-13)27(24,25)23-16-9-7-15(8-10-16)19-22-17-4-3-11-21-20(17)26-19/h3-12,23H,1-2H3. The Morgan fingerprint density at radius 2 is 1.78 bits per heavy atom. The van der Waals surface area contributed by atoms with Crippen molar-refractivity contribution in [3.8, 4) is 10.6 Å². The van der Waals surface area contributed by atoms with Gasteiger partial charge in [0.25, 0.3) is 10.0 Å². The van der Waals surface area contributed by atoms with Crippen LogP contribution in [0.5, 0.6) is 0 Å². The molecule has 27 heavy (non-hydrogen) atoms. The molecule has 0 aliphatic rings. The van der Waals surface area contributed by atoms with Crippen LogP contribution in [0.15, 0.2) is 65.7 Å². The van der Waals surface area contributed by atoms with E-state index in [1.165, 1.54) is 11.3 Å². The molecule has 0 fully saturated rings. The van der Waals surface area contributed by atoms with Crippen molar-refractivity contribution in [2.75, 3.05) is 4.72 Å². The van der Waals surface area contributed by atoms with Crippen molar-refractivity contribution >= 4 is 37.4 Å². The van der Waals surface area contributed by atoms with Gasteiger partial charge in [0, 0.05) is 17.4 Å². The fourth-order valence-corrected chi connectivity index (χ4v) is 5.08. The summed E-state index contributed by atoms with van der Waals surface area (Å²) in [5.41, 5.74) is 3.91. The molecular formula is C20H17N3O2S2. The molecule has 2 aromatic carbocycles. The fraction of sp³-hybridized carbons (Fsp3) is 0.100. The van der Waals surface area contributed by atoms with Crippen LogP contribution in [0.1, 0.15) is 11.1 Å². The largest absolute Gasteiger partial charge is 0.280 e. The van der Waals surface area contributed by atoms with Gasteiger partial charge in [0.2, 0.25) is 0 Å². The zero-order valence-electron chi connectivity index (χ0n) is 14.8. The van der Waals surface area contributed by atoms with Crippen molar-refractivity contribution < 1.29 is 8.42 Å². The third-order valence-electron chi connectivity index (χ3n) is 4.18. The molecule has 0 atom stereocenters. The predicted molar refractivity (Wildman–Crippen MR) is 110 cm³/mol. The van der Waals surface area contributed by atoms with E-state index < -0.39 is 10.0 Å². The van der Waals surface area contributed by atoms with Crippen molar-refractivity contribution in [1.29, 1.82) is 0 Å². The van der Waals surface area contributed by atoms with Gasteiger partial charge in [0.1, 0.15) is 15.4 Å². The monoisotopic (exact) mass is 395 g/mol. The number of hydrogen-bond donors (Lipinski definition) is 1. The topological polar surface area (TPSA) is 72.0 Å². The van der Waals surface area contributed by atoms with Gasteiger partial charge in [-0.2, -0.15) is 0 Å². The fourth-order valence-electron chi connectivity index (χ4n) is 2.78. The summed E-state index contributed by atoms with van der Waals surface area (Å²) in [6, 6.07) is 16.4. The number of nitrogens with one attached hydrogen (secondary N) is 1. The molecule has 0 radical (unpaired) electrons. The maximum Gasteiger partial charge on any atom is 0.262 e. The molecule has 0 unspecified atom stereocenters. The summed E-state index contributed by atoms with van der Waals surface area (Å²) in [4.78, 5) is 10.1. The number of thiazole rings is 1. The van der Waals surface area contributed by atoms with Gasteiger partial charge >= 0.3 is 0 Å². The minimum absolute atomic E-state index is 0.295. The van der Waals surface area contributed by atoms with E-state index >= 15 is 0 Å². The van der Waals surface area contributed by atoms with Crippen molar-refractivity contribution in [3.05, 3.63) is 71.9 Å². The Balaban J connectivity index is 1.61. The van der Waals surface area contributed by atoms with Gasteiger partial charge in [-0.25, -0.2) is 18.4 Å². The molecule has 4 rings (SSSR count). The number of sulfonamides is 1. The molecule has 4 aromatic rings. The molecule has 0 spiro atoms. The van der Waals surface area contributed by atoms with Gasteiger partial charge in [-0.3, -0.25) is 4.72 Å². The molecule has 0 saturated carbocycles. The number of pyridine rings is 1. The quantitative estimate of drug-likeness (QED) is 0.540. The van der Waals surface area contributed by atoms with Gasteiger partial charge in [-0.15, -0.1) is 0 Å². The highest BCUT2D eigenvalue weighted by Gasteiger charge is 2.17. The summed E-state index contributed by atoms with van der Waals surface area (Å²) in [7, 11) is -3.64. The second kappa shape index (κ2) is 6.75. The lowest BCUT2D eigenvalue weighted by atomic mass is 10.2. The van der Waals surface area contributed by atoms with E-state index in [0.717, 1.165) is 26.5 Å². The first-order valence-electron chi connectivity index (χ1n) is 8.34. The second-order valence-electron chi connectivity index (χ2n) is 6.30. The van der Waals surface area contributed by atoms with Crippen LogP contribution >= 0.6 is 11.3 Å². The SMILES string of the molecule is Cc1ccc(C)c(S(=O)(=O)Nc2ccc(-c3nc4cccnc4s3)cc2)c1. The highest BCUT2D eigenvalue weighted by atomic mass is 32.2. The van der Waals surface area contributed by atoms with E-state index in [9.17, 15) is 8.42 Å². The number of fused-ring (bicyclic) bond motifs is 1. The Morgan fingerprint density at radius 3 is 2.52 bits per heavy atom. The van der Waals surface area contributed by atoms with Crippen LogP contribution in [-0.2, 0) is 10.0 Å². The number of hydrogen-bond acceptors (Lipinski definition) is 5. The van der Waals surface area contributed by atoms with Crippen LogP contribution in [0.2, 0.25) is 0 Å². The lowest BCUT2D eigenvalue weighted by molar-refractivity contribution is 0.600. The summed E-state index contributed by atoms with van der Waals surface area (Å²) in [6.45, 7) is 3.67. The normalized spacial score (nSPS) is 11.6. The molecule has 0 aliphatic carbocycles. The summed E-state index contributed by atoms with van der Waals surface area (Å²) in [5, 5.41) is 0.854. The molecule has 0 aliphatic heterocycles. The third-order valence-corrected chi connectivity index (χ3v) is 6.74. The lowest BCUT2D eigenvalue weighted by Gasteiger charge is -2.11. The molecule has 7 heteroatoms. The Bertz CT molecular complexity index is 1200. The van der Waals surface area contributed by atoms with Gasteiger partial charge in [0.05, 0.1) is 4.90 Å². The lowest BCUT2D eigenvalue weighted by Crippen LogP contribution is -2.14. The van der Waals surface area contributed by atoms with Crippen LogP contribution in [0, 0.1) is 13.8 Å².